The Morgan fingerprint density at radius 3 is 2.10 bits per heavy atom. The predicted molar refractivity (Wildman–Crippen MR) is 85.2 cm³/mol. The van der Waals surface area contributed by atoms with E-state index in [1.54, 1.807) is 12.5 Å². The Hall–Kier alpha value is -0.800. The Labute approximate surface area is 124 Å². The third kappa shape index (κ3) is 7.71. The van der Waals surface area contributed by atoms with Gasteiger partial charge in [0.1, 0.15) is 0 Å². The lowest BCUT2D eigenvalue weighted by Crippen LogP contribution is -2.27. The van der Waals surface area contributed by atoms with Gasteiger partial charge in [-0.25, -0.2) is 0 Å². The van der Waals surface area contributed by atoms with Gasteiger partial charge >= 0.3 is 0 Å². The highest BCUT2D eigenvalue weighted by atomic mass is 16.3. The minimum absolute atomic E-state index is 0.239. The molecule has 1 heterocycles. The summed E-state index contributed by atoms with van der Waals surface area (Å²) in [6, 6.07) is 2.23. The quantitative estimate of drug-likeness (QED) is 0.300. The van der Waals surface area contributed by atoms with Crippen LogP contribution in [0.4, 0.5) is 0 Å². The van der Waals surface area contributed by atoms with Crippen LogP contribution in [0, 0.1) is 0 Å². The summed E-state index contributed by atoms with van der Waals surface area (Å²) in [5.41, 5.74) is 4.03. The number of rotatable bonds is 13. The molecule has 3 N–H and O–H groups in total. The molecule has 0 saturated carbocycles. The van der Waals surface area contributed by atoms with Crippen LogP contribution in [0.5, 0.6) is 0 Å². The van der Waals surface area contributed by atoms with Crippen molar-refractivity contribution in [2.75, 3.05) is 0 Å². The Morgan fingerprint density at radius 1 is 1.00 bits per heavy atom. The Morgan fingerprint density at radius 2 is 1.60 bits per heavy atom. The molecule has 3 heteroatoms. The molecule has 0 bridgehead atoms. The van der Waals surface area contributed by atoms with Crippen LogP contribution < -0.4 is 11.3 Å². The SMILES string of the molecule is CCCCCCCCCCCCC(NN)c1ccoc1. The Balaban J connectivity index is 1.91. The first kappa shape index (κ1) is 17.3. The molecule has 1 rings (SSSR count). The smallest absolute Gasteiger partial charge is 0.0950 e. The van der Waals surface area contributed by atoms with Crippen LogP contribution in [-0.4, -0.2) is 0 Å². The van der Waals surface area contributed by atoms with Crippen molar-refractivity contribution >= 4 is 0 Å². The molecule has 0 amide bonds. The van der Waals surface area contributed by atoms with Crippen LogP contribution in [-0.2, 0) is 0 Å². The second kappa shape index (κ2) is 12.0. The average molecular weight is 280 g/mol. The van der Waals surface area contributed by atoms with E-state index in [1.165, 1.54) is 64.2 Å². The topological polar surface area (TPSA) is 51.2 Å². The Bertz CT molecular complexity index is 298. The number of hydrazine groups is 1. The minimum Gasteiger partial charge on any atom is -0.472 e. The van der Waals surface area contributed by atoms with Crippen molar-refractivity contribution in [3.05, 3.63) is 24.2 Å². The van der Waals surface area contributed by atoms with Crippen molar-refractivity contribution in [1.29, 1.82) is 0 Å². The van der Waals surface area contributed by atoms with Crippen molar-refractivity contribution in [3.8, 4) is 0 Å². The Kier molecular flexibility index (Phi) is 10.3. The molecule has 0 spiro atoms. The van der Waals surface area contributed by atoms with Crippen LogP contribution in [0.1, 0.15) is 89.2 Å². The fourth-order valence-electron chi connectivity index (χ4n) is 2.66. The summed E-state index contributed by atoms with van der Waals surface area (Å²) in [6.07, 6.45) is 18.3. The number of nitrogens with two attached hydrogens (primary N) is 1. The number of hydrogen-bond acceptors (Lipinski definition) is 3. The first-order chi connectivity index (χ1) is 9.88. The fraction of sp³-hybridized carbons (Fsp3) is 0.765. The summed E-state index contributed by atoms with van der Waals surface area (Å²) in [5, 5.41) is 0. The maximum absolute atomic E-state index is 5.59. The molecule has 1 aromatic rings. The lowest BCUT2D eigenvalue weighted by Gasteiger charge is -2.13. The molecular formula is C17H32N2O. The van der Waals surface area contributed by atoms with E-state index in [2.05, 4.69) is 12.3 Å². The van der Waals surface area contributed by atoms with Gasteiger partial charge in [-0.3, -0.25) is 11.3 Å². The average Bonchev–Trinajstić information content (AvgIpc) is 2.99. The van der Waals surface area contributed by atoms with Crippen molar-refractivity contribution in [2.24, 2.45) is 5.84 Å². The molecule has 1 unspecified atom stereocenters. The van der Waals surface area contributed by atoms with Crippen molar-refractivity contribution < 1.29 is 4.42 Å². The van der Waals surface area contributed by atoms with Crippen LogP contribution in [0.25, 0.3) is 0 Å². The van der Waals surface area contributed by atoms with Crippen molar-refractivity contribution in [3.63, 3.8) is 0 Å². The van der Waals surface area contributed by atoms with Gasteiger partial charge in [-0.1, -0.05) is 71.1 Å². The second-order valence-electron chi connectivity index (χ2n) is 5.75. The molecule has 1 aromatic heterocycles. The van der Waals surface area contributed by atoms with E-state index < -0.39 is 0 Å². The zero-order chi connectivity index (χ0) is 14.5. The highest BCUT2D eigenvalue weighted by Crippen LogP contribution is 2.20. The summed E-state index contributed by atoms with van der Waals surface area (Å²) in [7, 11) is 0. The number of nitrogens with one attached hydrogen (secondary N) is 1. The molecular weight excluding hydrogens is 248 g/mol. The van der Waals surface area contributed by atoms with E-state index in [1.807, 2.05) is 6.07 Å². The minimum atomic E-state index is 0.239. The molecule has 20 heavy (non-hydrogen) atoms. The van der Waals surface area contributed by atoms with Gasteiger partial charge in [0, 0.05) is 11.6 Å². The maximum atomic E-state index is 5.59. The monoisotopic (exact) mass is 280 g/mol. The number of unbranched alkanes of at least 4 members (excludes halogenated alkanes) is 9. The van der Waals surface area contributed by atoms with Gasteiger partial charge in [-0.15, -0.1) is 0 Å². The lowest BCUT2D eigenvalue weighted by molar-refractivity contribution is 0.467. The van der Waals surface area contributed by atoms with E-state index in [-0.39, 0.29) is 6.04 Å². The zero-order valence-electron chi connectivity index (χ0n) is 13.1. The maximum Gasteiger partial charge on any atom is 0.0950 e. The highest BCUT2D eigenvalue weighted by molar-refractivity contribution is 5.10. The lowest BCUT2D eigenvalue weighted by atomic mass is 10.0. The largest absolute Gasteiger partial charge is 0.472 e. The number of hydrogen-bond donors (Lipinski definition) is 2. The van der Waals surface area contributed by atoms with Gasteiger partial charge in [-0.2, -0.15) is 0 Å². The summed E-state index contributed by atoms with van der Waals surface area (Å²) in [4.78, 5) is 0. The molecule has 0 fully saturated rings. The number of furan rings is 1. The third-order valence-corrected chi connectivity index (χ3v) is 3.99. The van der Waals surface area contributed by atoms with Gasteiger partial charge < -0.3 is 4.42 Å². The molecule has 0 saturated heterocycles. The van der Waals surface area contributed by atoms with Gasteiger partial charge in [-0.05, 0) is 12.5 Å². The van der Waals surface area contributed by atoms with Gasteiger partial charge in [0.2, 0.25) is 0 Å². The van der Waals surface area contributed by atoms with E-state index >= 15 is 0 Å². The molecule has 0 aliphatic rings. The van der Waals surface area contributed by atoms with Crippen molar-refractivity contribution in [2.45, 2.75) is 83.6 Å². The van der Waals surface area contributed by atoms with Crippen molar-refractivity contribution in [1.82, 2.24) is 5.43 Å². The molecule has 3 nitrogen and oxygen atoms in total. The standard InChI is InChI=1S/C17H32N2O/c1-2-3-4-5-6-7-8-9-10-11-12-17(19-18)16-13-14-20-15-16/h13-15,17,19H,2-12,18H2,1H3. The van der Waals surface area contributed by atoms with E-state index in [0.29, 0.717) is 0 Å². The van der Waals surface area contributed by atoms with Gasteiger partial charge in [0.25, 0.3) is 0 Å². The van der Waals surface area contributed by atoms with Crippen LogP contribution in [0.3, 0.4) is 0 Å². The fourth-order valence-corrected chi connectivity index (χ4v) is 2.66. The van der Waals surface area contributed by atoms with Crippen LogP contribution in [0.15, 0.2) is 23.0 Å². The third-order valence-electron chi connectivity index (χ3n) is 3.99. The first-order valence-electron chi connectivity index (χ1n) is 8.36. The molecule has 0 aliphatic heterocycles. The van der Waals surface area contributed by atoms with E-state index in [9.17, 15) is 0 Å². The van der Waals surface area contributed by atoms with Crippen LogP contribution >= 0.6 is 0 Å². The van der Waals surface area contributed by atoms with Gasteiger partial charge in [0.15, 0.2) is 0 Å². The highest BCUT2D eigenvalue weighted by Gasteiger charge is 2.09. The normalized spacial score (nSPS) is 12.7. The van der Waals surface area contributed by atoms with Gasteiger partial charge in [0.05, 0.1) is 12.5 Å². The summed E-state index contributed by atoms with van der Waals surface area (Å²) >= 11 is 0. The summed E-state index contributed by atoms with van der Waals surface area (Å²) in [5.74, 6) is 5.59. The molecule has 1 atom stereocenters. The summed E-state index contributed by atoms with van der Waals surface area (Å²) < 4.78 is 5.10. The second-order valence-corrected chi connectivity index (χ2v) is 5.75. The molecule has 116 valence electrons. The molecule has 0 aromatic carbocycles. The summed E-state index contributed by atoms with van der Waals surface area (Å²) in [6.45, 7) is 2.27. The predicted octanol–water partition coefficient (Wildman–Crippen LogP) is 5.10. The van der Waals surface area contributed by atoms with E-state index in [4.69, 9.17) is 10.3 Å². The first-order valence-corrected chi connectivity index (χ1v) is 8.36. The van der Waals surface area contributed by atoms with Crippen LogP contribution in [0.2, 0.25) is 0 Å². The molecule has 0 aliphatic carbocycles. The molecule has 0 radical (unpaired) electrons. The van der Waals surface area contributed by atoms with E-state index in [0.717, 1.165) is 12.0 Å². The zero-order valence-corrected chi connectivity index (χ0v) is 13.1.